The van der Waals surface area contributed by atoms with Crippen molar-refractivity contribution in [2.45, 2.75) is 58.1 Å². The van der Waals surface area contributed by atoms with E-state index in [1.165, 1.54) is 0 Å². The molecule has 0 unspecified atom stereocenters. The summed E-state index contributed by atoms with van der Waals surface area (Å²) in [6.45, 7) is 7.16. The highest BCUT2D eigenvalue weighted by molar-refractivity contribution is 6.04. The maximum Gasteiger partial charge on any atom is 0.271 e. The van der Waals surface area contributed by atoms with Gasteiger partial charge in [-0.15, -0.1) is 0 Å². The maximum atomic E-state index is 14.0. The van der Waals surface area contributed by atoms with Gasteiger partial charge in [0.15, 0.2) is 5.60 Å². The summed E-state index contributed by atoms with van der Waals surface area (Å²) < 4.78 is 11.3. The Morgan fingerprint density at radius 2 is 1.93 bits per heavy atom. The minimum Gasteiger partial charge on any atom is -0.476 e. The van der Waals surface area contributed by atoms with Crippen molar-refractivity contribution in [3.8, 4) is 5.75 Å². The van der Waals surface area contributed by atoms with E-state index in [4.69, 9.17) is 9.47 Å². The van der Waals surface area contributed by atoms with Gasteiger partial charge in [-0.25, -0.2) is 0 Å². The lowest BCUT2D eigenvalue weighted by atomic mass is 9.88. The van der Waals surface area contributed by atoms with Gasteiger partial charge in [0.1, 0.15) is 11.4 Å². The molecule has 3 aliphatic rings. The fourth-order valence-electron chi connectivity index (χ4n) is 5.63. The number of anilines is 3. The molecule has 3 heterocycles. The number of hydrogen-bond acceptors (Lipinski definition) is 7. The second kappa shape index (κ2) is 11.7. The van der Waals surface area contributed by atoms with Gasteiger partial charge in [-0.05, 0) is 76.3 Å². The number of H-pyrrole nitrogens is 1. The molecule has 11 heteroatoms. The van der Waals surface area contributed by atoms with Gasteiger partial charge in [-0.1, -0.05) is 0 Å². The van der Waals surface area contributed by atoms with Crippen LogP contribution in [0.25, 0.3) is 0 Å². The van der Waals surface area contributed by atoms with Gasteiger partial charge in [0, 0.05) is 51.3 Å². The molecule has 11 nitrogen and oxygen atoms in total. The number of methoxy groups -OCH3 is 1. The summed E-state index contributed by atoms with van der Waals surface area (Å²) in [5.41, 5.74) is 0.901. The number of pyridine rings is 1. The number of aromatic nitrogens is 1. The largest absolute Gasteiger partial charge is 0.476 e. The summed E-state index contributed by atoms with van der Waals surface area (Å²) in [6.07, 6.45) is 4.36. The second-order valence-corrected chi connectivity index (χ2v) is 11.6. The van der Waals surface area contributed by atoms with Gasteiger partial charge in [0.25, 0.3) is 11.5 Å². The average molecular weight is 566 g/mol. The van der Waals surface area contributed by atoms with Gasteiger partial charge in [0.2, 0.25) is 11.8 Å². The first-order valence-electron chi connectivity index (χ1n) is 14.3. The van der Waals surface area contributed by atoms with Crippen LogP contribution in [0.1, 0.15) is 45.1 Å². The SMILES string of the molecule is COCCCN1C(=O)C(C)(C)Oc2ccc(N(C(=O)[C@H]3CNC[C@@H](C(=O)Nc4c(C)cc[nH]c4=O)C3)C3CC3)cc21. The lowest BCUT2D eigenvalue weighted by Crippen LogP contribution is -2.53. The van der Waals surface area contributed by atoms with E-state index in [1.54, 1.807) is 45.0 Å². The number of nitrogens with one attached hydrogen (secondary N) is 3. The third kappa shape index (κ3) is 6.01. The number of benzene rings is 1. The van der Waals surface area contributed by atoms with Gasteiger partial charge >= 0.3 is 0 Å². The van der Waals surface area contributed by atoms with Crippen LogP contribution in [-0.2, 0) is 19.1 Å². The topological polar surface area (TPSA) is 133 Å². The molecule has 1 aromatic heterocycles. The van der Waals surface area contributed by atoms with E-state index in [2.05, 4.69) is 15.6 Å². The number of nitrogens with zero attached hydrogens (tertiary/aromatic N) is 2. The highest BCUT2D eigenvalue weighted by atomic mass is 16.5. The number of aryl methyl sites for hydroxylation is 1. The molecule has 2 aliphatic heterocycles. The Hall–Kier alpha value is -3.70. The van der Waals surface area contributed by atoms with E-state index in [9.17, 15) is 19.2 Å². The molecule has 2 aromatic rings. The molecule has 0 radical (unpaired) electrons. The zero-order valence-electron chi connectivity index (χ0n) is 24.1. The summed E-state index contributed by atoms with van der Waals surface area (Å²) in [4.78, 5) is 58.8. The Morgan fingerprint density at radius 3 is 2.63 bits per heavy atom. The molecule has 3 N–H and O–H groups in total. The average Bonchev–Trinajstić information content (AvgIpc) is 3.78. The molecule has 1 aliphatic carbocycles. The number of aromatic amines is 1. The predicted octanol–water partition coefficient (Wildman–Crippen LogP) is 2.58. The van der Waals surface area contributed by atoms with Crippen molar-refractivity contribution in [3.63, 3.8) is 0 Å². The fraction of sp³-hybridized carbons (Fsp3) is 0.533. The van der Waals surface area contributed by atoms with Crippen molar-refractivity contribution in [3.05, 3.63) is 46.4 Å². The van der Waals surface area contributed by atoms with Crippen LogP contribution in [0.2, 0.25) is 0 Å². The second-order valence-electron chi connectivity index (χ2n) is 11.6. The van der Waals surface area contributed by atoms with E-state index in [-0.39, 0.29) is 35.0 Å². The predicted molar refractivity (Wildman–Crippen MR) is 155 cm³/mol. The van der Waals surface area contributed by atoms with Crippen molar-refractivity contribution < 1.29 is 23.9 Å². The van der Waals surface area contributed by atoms with Crippen molar-refractivity contribution in [1.29, 1.82) is 0 Å². The molecular formula is C30H39N5O6. The summed E-state index contributed by atoms with van der Waals surface area (Å²) in [5.74, 6) is -0.764. The molecule has 41 heavy (non-hydrogen) atoms. The van der Waals surface area contributed by atoms with Gasteiger partial charge < -0.3 is 34.9 Å². The number of piperidine rings is 1. The first-order chi connectivity index (χ1) is 19.6. The summed E-state index contributed by atoms with van der Waals surface area (Å²) >= 11 is 0. The maximum absolute atomic E-state index is 14.0. The number of carbonyl (C=O) groups excluding carboxylic acids is 3. The summed E-state index contributed by atoms with van der Waals surface area (Å²) in [5, 5.41) is 6.02. The minimum atomic E-state index is -1.000. The minimum absolute atomic E-state index is 0.0551. The normalized spacial score (nSPS) is 21.6. The zero-order chi connectivity index (χ0) is 29.3. The van der Waals surface area contributed by atoms with Crippen molar-refractivity contribution in [2.24, 2.45) is 11.8 Å². The molecule has 2 fully saturated rings. The van der Waals surface area contributed by atoms with Gasteiger partial charge in [-0.3, -0.25) is 19.2 Å². The van der Waals surface area contributed by atoms with E-state index in [0.717, 1.165) is 12.8 Å². The molecule has 220 valence electrons. The third-order valence-electron chi connectivity index (χ3n) is 8.00. The van der Waals surface area contributed by atoms with Crippen LogP contribution in [-0.4, -0.2) is 67.7 Å². The lowest BCUT2D eigenvalue weighted by Gasteiger charge is -2.39. The van der Waals surface area contributed by atoms with Crippen LogP contribution in [0.4, 0.5) is 17.1 Å². The zero-order valence-corrected chi connectivity index (χ0v) is 24.1. The summed E-state index contributed by atoms with van der Waals surface area (Å²) in [7, 11) is 1.63. The quantitative estimate of drug-likeness (QED) is 0.398. The molecular weight excluding hydrogens is 526 g/mol. The standard InChI is InChI=1S/C30H39N5O6/c1-18-10-11-32-27(37)25(18)33-26(36)19-14-20(17-31-16-19)28(38)35(21-6-7-21)22-8-9-24-23(15-22)34(12-5-13-40-4)29(39)30(2,3)41-24/h8-11,15,19-21,31H,5-7,12-14,16-17H2,1-4H3,(H,32,37)(H,33,36)/t19-,20+/m0/s1. The van der Waals surface area contributed by atoms with Crippen LogP contribution in [0.5, 0.6) is 5.75 Å². The number of amides is 3. The Morgan fingerprint density at radius 1 is 1.17 bits per heavy atom. The van der Waals surface area contributed by atoms with Crippen molar-refractivity contribution in [1.82, 2.24) is 10.3 Å². The Bertz CT molecular complexity index is 1380. The molecule has 0 spiro atoms. The van der Waals surface area contributed by atoms with E-state index in [1.807, 2.05) is 23.1 Å². The smallest absolute Gasteiger partial charge is 0.271 e. The molecule has 1 aromatic carbocycles. The van der Waals surface area contributed by atoms with Gasteiger partial charge in [-0.2, -0.15) is 0 Å². The fourth-order valence-corrected chi connectivity index (χ4v) is 5.63. The van der Waals surface area contributed by atoms with E-state index < -0.39 is 17.4 Å². The summed E-state index contributed by atoms with van der Waals surface area (Å²) in [6, 6.07) is 7.38. The van der Waals surface area contributed by atoms with Gasteiger partial charge in [0.05, 0.1) is 17.5 Å². The Labute approximate surface area is 239 Å². The molecule has 3 amide bonds. The highest BCUT2D eigenvalue weighted by Gasteiger charge is 2.43. The number of rotatable bonds is 9. The van der Waals surface area contributed by atoms with Crippen LogP contribution in [0.3, 0.4) is 0 Å². The first kappa shape index (κ1) is 28.8. The molecule has 1 saturated carbocycles. The van der Waals surface area contributed by atoms with E-state index >= 15 is 0 Å². The highest BCUT2D eigenvalue weighted by Crippen LogP contribution is 2.43. The first-order valence-corrected chi connectivity index (χ1v) is 14.3. The van der Waals surface area contributed by atoms with Crippen LogP contribution >= 0.6 is 0 Å². The van der Waals surface area contributed by atoms with E-state index in [0.29, 0.717) is 61.8 Å². The van der Waals surface area contributed by atoms with Crippen molar-refractivity contribution >= 4 is 34.8 Å². The Balaban J connectivity index is 1.36. The number of carbonyl (C=O) groups is 3. The third-order valence-corrected chi connectivity index (χ3v) is 8.00. The van der Waals surface area contributed by atoms with Crippen LogP contribution in [0.15, 0.2) is 35.3 Å². The molecule has 0 bridgehead atoms. The van der Waals surface area contributed by atoms with Crippen LogP contribution < -0.4 is 30.7 Å². The number of hydrogen-bond donors (Lipinski definition) is 3. The molecule has 5 rings (SSSR count). The van der Waals surface area contributed by atoms with Crippen LogP contribution in [0, 0.1) is 18.8 Å². The number of ether oxygens (including phenoxy) is 2. The monoisotopic (exact) mass is 565 g/mol. The Kier molecular flexibility index (Phi) is 8.19. The molecule has 2 atom stereocenters. The van der Waals surface area contributed by atoms with Crippen molar-refractivity contribution in [2.75, 3.05) is 48.5 Å². The lowest BCUT2D eigenvalue weighted by molar-refractivity contribution is -0.132. The molecule has 1 saturated heterocycles. The number of fused-ring (bicyclic) bond motifs is 1.